The fraction of sp³-hybridized carbons (Fsp3) is 0.452. The molecule has 1 atom stereocenters. The third kappa shape index (κ3) is 4.55. The Morgan fingerprint density at radius 3 is 2.13 bits per heavy atom. The molecule has 8 heteroatoms. The Labute approximate surface area is 228 Å². The summed E-state index contributed by atoms with van der Waals surface area (Å²) < 4.78 is 5.70. The number of cyclic esters (lactones) is 1. The number of rotatable bonds is 4. The molecule has 1 amide bonds. The smallest absolute Gasteiger partial charge is 0.328 e. The van der Waals surface area contributed by atoms with Crippen LogP contribution in [0.2, 0.25) is 0 Å². The molecule has 1 unspecified atom stereocenters. The van der Waals surface area contributed by atoms with E-state index in [2.05, 4.69) is 23.1 Å². The number of esters is 1. The van der Waals surface area contributed by atoms with Crippen LogP contribution in [0.3, 0.4) is 0 Å². The fourth-order valence-corrected chi connectivity index (χ4v) is 7.04. The highest BCUT2D eigenvalue weighted by molar-refractivity contribution is 6.18. The van der Waals surface area contributed by atoms with Crippen LogP contribution < -0.4 is 0 Å². The number of amides is 1. The van der Waals surface area contributed by atoms with Gasteiger partial charge in [0.2, 0.25) is 0 Å². The van der Waals surface area contributed by atoms with Gasteiger partial charge in [0.15, 0.2) is 0 Å². The Morgan fingerprint density at radius 2 is 1.56 bits per heavy atom. The number of aliphatic carboxylic acids is 1. The predicted octanol–water partition coefficient (Wildman–Crippen LogP) is 3.76. The number of nitrogens with zero attached hydrogens (tertiary/aromatic N) is 3. The van der Waals surface area contributed by atoms with Gasteiger partial charge in [0, 0.05) is 45.2 Å². The van der Waals surface area contributed by atoms with Crippen molar-refractivity contribution in [1.82, 2.24) is 14.7 Å². The summed E-state index contributed by atoms with van der Waals surface area (Å²) in [6.45, 7) is 6.52. The summed E-state index contributed by atoms with van der Waals surface area (Å²) in [6, 6.07) is 18.5. The second-order valence-corrected chi connectivity index (χ2v) is 11.9. The molecular weight excluding hydrogens is 494 g/mol. The predicted molar refractivity (Wildman–Crippen MR) is 149 cm³/mol. The number of piperidine rings is 1. The van der Waals surface area contributed by atoms with Gasteiger partial charge in [0.25, 0.3) is 5.91 Å². The van der Waals surface area contributed by atoms with Crippen molar-refractivity contribution in [2.45, 2.75) is 50.3 Å². The van der Waals surface area contributed by atoms with Crippen molar-refractivity contribution < 1.29 is 24.2 Å². The summed E-state index contributed by atoms with van der Waals surface area (Å²) >= 11 is 0. The van der Waals surface area contributed by atoms with Crippen molar-refractivity contribution in [1.29, 1.82) is 0 Å². The second kappa shape index (κ2) is 9.61. The highest BCUT2D eigenvalue weighted by Gasteiger charge is 2.59. The van der Waals surface area contributed by atoms with E-state index >= 15 is 0 Å². The van der Waals surface area contributed by atoms with E-state index in [0.717, 1.165) is 39.9 Å². The Hall–Kier alpha value is -3.49. The monoisotopic (exact) mass is 529 g/mol. The highest BCUT2D eigenvalue weighted by Crippen LogP contribution is 2.41. The number of carbonyl (C=O) groups excluding carboxylic acids is 2. The first-order chi connectivity index (χ1) is 18.7. The average molecular weight is 530 g/mol. The third-order valence-corrected chi connectivity index (χ3v) is 8.77. The lowest BCUT2D eigenvalue weighted by molar-refractivity contribution is -0.159. The van der Waals surface area contributed by atoms with Crippen LogP contribution in [-0.4, -0.2) is 94.1 Å². The zero-order valence-electron chi connectivity index (χ0n) is 22.6. The van der Waals surface area contributed by atoms with Crippen molar-refractivity contribution in [3.8, 4) is 0 Å². The number of hydrogen-bond acceptors (Lipinski definition) is 6. The molecule has 3 aromatic rings. The molecule has 3 aliphatic rings. The zero-order chi connectivity index (χ0) is 27.4. The Balaban J connectivity index is 1.21. The van der Waals surface area contributed by atoms with Crippen LogP contribution in [0.1, 0.15) is 43.5 Å². The SMILES string of the molecule is CC1(C)CC2(CN(C3CCN(C(=O)c4c5ccccc5cc5ccccc45)CC3)CCN2CC(=O)O)C(=O)O1. The van der Waals surface area contributed by atoms with Gasteiger partial charge >= 0.3 is 11.9 Å². The quantitative estimate of drug-likeness (QED) is 0.407. The van der Waals surface area contributed by atoms with Crippen molar-refractivity contribution in [3.05, 3.63) is 60.2 Å². The number of carboxylic acid groups (broad SMARTS) is 1. The summed E-state index contributed by atoms with van der Waals surface area (Å²) in [7, 11) is 0. The molecule has 3 heterocycles. The van der Waals surface area contributed by atoms with E-state index in [-0.39, 0.29) is 24.5 Å². The minimum absolute atomic E-state index is 0.0605. The summed E-state index contributed by atoms with van der Waals surface area (Å²) in [5.74, 6) is -1.20. The molecule has 1 spiro atoms. The molecule has 3 fully saturated rings. The lowest BCUT2D eigenvalue weighted by atomic mass is 9.84. The van der Waals surface area contributed by atoms with E-state index in [0.29, 0.717) is 39.1 Å². The molecule has 8 nitrogen and oxygen atoms in total. The van der Waals surface area contributed by atoms with Gasteiger partial charge in [-0.1, -0.05) is 48.5 Å². The first-order valence-electron chi connectivity index (χ1n) is 13.8. The van der Waals surface area contributed by atoms with E-state index in [4.69, 9.17) is 4.74 Å². The lowest BCUT2D eigenvalue weighted by Crippen LogP contribution is -2.67. The number of fused-ring (bicyclic) bond motifs is 2. The largest absolute Gasteiger partial charge is 0.480 e. The standard InChI is InChI=1S/C31H35N3O5/c1-30(2)19-31(29(38)39-30)20-33(15-16-34(31)18-26(35)36)23-11-13-32(14-12-23)28(37)27-24-9-5-3-7-21(24)17-22-8-4-6-10-25(22)27/h3-10,17,23H,11-16,18-20H2,1-2H3,(H,35,36). The Bertz CT molecular complexity index is 1410. The number of piperazine rings is 1. The molecule has 3 saturated heterocycles. The van der Waals surface area contributed by atoms with Crippen LogP contribution in [0.15, 0.2) is 54.6 Å². The van der Waals surface area contributed by atoms with Gasteiger partial charge in [0.05, 0.1) is 12.1 Å². The van der Waals surface area contributed by atoms with Gasteiger partial charge in [-0.15, -0.1) is 0 Å². The molecule has 0 radical (unpaired) electrons. The van der Waals surface area contributed by atoms with Gasteiger partial charge in [0.1, 0.15) is 11.1 Å². The summed E-state index contributed by atoms with van der Waals surface area (Å²) in [5.41, 5.74) is -0.817. The van der Waals surface area contributed by atoms with Gasteiger partial charge in [-0.25, -0.2) is 4.79 Å². The number of carbonyl (C=O) groups is 3. The van der Waals surface area contributed by atoms with E-state index < -0.39 is 17.1 Å². The molecule has 6 rings (SSSR count). The van der Waals surface area contributed by atoms with Crippen LogP contribution in [0.25, 0.3) is 21.5 Å². The van der Waals surface area contributed by atoms with Crippen molar-refractivity contribution in [3.63, 3.8) is 0 Å². The number of hydrogen-bond donors (Lipinski definition) is 1. The van der Waals surface area contributed by atoms with Crippen LogP contribution >= 0.6 is 0 Å². The first-order valence-corrected chi connectivity index (χ1v) is 13.8. The van der Waals surface area contributed by atoms with Gasteiger partial charge in [-0.2, -0.15) is 0 Å². The van der Waals surface area contributed by atoms with Crippen molar-refractivity contribution in [2.75, 3.05) is 39.3 Å². The molecule has 0 aromatic heterocycles. The maximum absolute atomic E-state index is 14.0. The highest BCUT2D eigenvalue weighted by atomic mass is 16.6. The van der Waals surface area contributed by atoms with Crippen LogP contribution in [0, 0.1) is 0 Å². The number of ether oxygens (including phenoxy) is 1. The lowest BCUT2D eigenvalue weighted by Gasteiger charge is -2.49. The van der Waals surface area contributed by atoms with Gasteiger partial charge in [-0.05, 0) is 54.3 Å². The Kier molecular flexibility index (Phi) is 6.35. The maximum atomic E-state index is 14.0. The molecule has 39 heavy (non-hydrogen) atoms. The summed E-state index contributed by atoms with van der Waals surface area (Å²) in [5, 5.41) is 13.6. The molecule has 0 saturated carbocycles. The summed E-state index contributed by atoms with van der Waals surface area (Å²) in [4.78, 5) is 44.8. The molecule has 3 aliphatic heterocycles. The van der Waals surface area contributed by atoms with E-state index in [1.54, 1.807) is 4.90 Å². The molecule has 1 N–H and O–H groups in total. The third-order valence-electron chi connectivity index (χ3n) is 8.77. The second-order valence-electron chi connectivity index (χ2n) is 11.9. The van der Waals surface area contributed by atoms with Gasteiger partial charge in [-0.3, -0.25) is 19.4 Å². The molecule has 0 aliphatic carbocycles. The van der Waals surface area contributed by atoms with E-state index in [1.165, 1.54) is 0 Å². The first kappa shape index (κ1) is 25.8. The summed E-state index contributed by atoms with van der Waals surface area (Å²) in [6.07, 6.45) is 2.08. The van der Waals surface area contributed by atoms with Crippen LogP contribution in [0.4, 0.5) is 0 Å². The molecule has 0 bridgehead atoms. The fourth-order valence-electron chi connectivity index (χ4n) is 7.04. The number of benzene rings is 3. The van der Waals surface area contributed by atoms with Crippen LogP contribution in [0.5, 0.6) is 0 Å². The Morgan fingerprint density at radius 1 is 0.949 bits per heavy atom. The minimum atomic E-state index is -0.949. The van der Waals surface area contributed by atoms with Crippen LogP contribution in [-0.2, 0) is 14.3 Å². The molecule has 3 aromatic carbocycles. The van der Waals surface area contributed by atoms with E-state index in [9.17, 15) is 19.5 Å². The number of carboxylic acids is 1. The van der Waals surface area contributed by atoms with Gasteiger partial charge < -0.3 is 14.7 Å². The normalized spacial score (nSPS) is 24.5. The van der Waals surface area contributed by atoms with Crippen molar-refractivity contribution in [2.24, 2.45) is 0 Å². The zero-order valence-corrected chi connectivity index (χ0v) is 22.6. The van der Waals surface area contributed by atoms with Crippen molar-refractivity contribution >= 4 is 39.4 Å². The minimum Gasteiger partial charge on any atom is -0.480 e. The average Bonchev–Trinajstić information content (AvgIpc) is 3.15. The maximum Gasteiger partial charge on any atom is 0.328 e. The topological polar surface area (TPSA) is 90.4 Å². The number of likely N-dealkylation sites (tertiary alicyclic amines) is 1. The molecule has 204 valence electrons. The molecular formula is C31H35N3O5. The van der Waals surface area contributed by atoms with E-state index in [1.807, 2.05) is 55.1 Å².